The topological polar surface area (TPSA) is 72.9 Å². The summed E-state index contributed by atoms with van der Waals surface area (Å²) in [5.74, 6) is -0.224. The molecular formula is C18H33N3O3. The van der Waals surface area contributed by atoms with Gasteiger partial charge in [0.25, 0.3) is 0 Å². The Hall–Kier alpha value is -1.30. The lowest BCUT2D eigenvalue weighted by Crippen LogP contribution is -2.57. The zero-order chi connectivity index (χ0) is 17.7. The number of urea groups is 1. The van der Waals surface area contributed by atoms with Crippen molar-refractivity contribution in [2.24, 2.45) is 5.92 Å². The lowest BCUT2D eigenvalue weighted by Gasteiger charge is -2.43. The number of hydrogen-bond donors (Lipinski definition) is 2. The van der Waals surface area contributed by atoms with Crippen LogP contribution in [0.5, 0.6) is 0 Å². The van der Waals surface area contributed by atoms with Crippen LogP contribution in [0.4, 0.5) is 4.79 Å². The van der Waals surface area contributed by atoms with Gasteiger partial charge in [0.05, 0.1) is 6.54 Å². The number of likely N-dealkylation sites (N-methyl/N-ethyl adjacent to an activating group) is 1. The van der Waals surface area contributed by atoms with Crippen molar-refractivity contribution in [3.05, 3.63) is 0 Å². The molecular weight excluding hydrogens is 306 g/mol. The Bertz CT molecular complexity index is 437. The normalized spacial score (nSPS) is 27.8. The van der Waals surface area contributed by atoms with Crippen LogP contribution >= 0.6 is 0 Å². The maximum atomic E-state index is 12.6. The number of nitrogens with zero attached hydrogens (tertiary/aromatic N) is 2. The minimum atomic E-state index is -0.783. The summed E-state index contributed by atoms with van der Waals surface area (Å²) in [5.41, 5.74) is 0. The van der Waals surface area contributed by atoms with E-state index in [4.69, 9.17) is 5.11 Å². The van der Waals surface area contributed by atoms with Gasteiger partial charge >= 0.3 is 12.0 Å². The molecule has 0 radical (unpaired) electrons. The summed E-state index contributed by atoms with van der Waals surface area (Å²) in [5, 5.41) is 12.1. The minimum absolute atomic E-state index is 0.0742. The van der Waals surface area contributed by atoms with E-state index in [-0.39, 0.29) is 24.7 Å². The Morgan fingerprint density at radius 2 is 2.04 bits per heavy atom. The van der Waals surface area contributed by atoms with Gasteiger partial charge in [0.15, 0.2) is 0 Å². The summed E-state index contributed by atoms with van der Waals surface area (Å²) in [6, 6.07) is 0.919. The largest absolute Gasteiger partial charge is 0.480 e. The molecule has 2 unspecified atom stereocenters. The van der Waals surface area contributed by atoms with Crippen LogP contribution in [0, 0.1) is 5.92 Å². The molecule has 24 heavy (non-hydrogen) atoms. The summed E-state index contributed by atoms with van der Waals surface area (Å²) in [7, 11) is 0. The molecule has 2 atom stereocenters. The second kappa shape index (κ2) is 8.70. The SMILES string of the molecule is CCCC(C)C1CCCN1C(=O)NC1CC(N(CC)CC(=O)O)C1. The maximum absolute atomic E-state index is 12.6. The number of amides is 2. The van der Waals surface area contributed by atoms with E-state index in [1.54, 1.807) is 0 Å². The summed E-state index contributed by atoms with van der Waals surface area (Å²) in [6.07, 6.45) is 6.26. The number of nitrogens with one attached hydrogen (secondary N) is 1. The molecule has 6 heteroatoms. The molecule has 2 aliphatic rings. The van der Waals surface area contributed by atoms with E-state index in [1.807, 2.05) is 16.7 Å². The zero-order valence-electron chi connectivity index (χ0n) is 15.3. The van der Waals surface area contributed by atoms with Crippen molar-refractivity contribution in [3.8, 4) is 0 Å². The van der Waals surface area contributed by atoms with Gasteiger partial charge in [-0.15, -0.1) is 0 Å². The fraction of sp³-hybridized carbons (Fsp3) is 0.889. The molecule has 0 spiro atoms. The fourth-order valence-electron chi connectivity index (χ4n) is 4.22. The average molecular weight is 339 g/mol. The molecule has 1 saturated carbocycles. The van der Waals surface area contributed by atoms with E-state index in [9.17, 15) is 9.59 Å². The van der Waals surface area contributed by atoms with Gasteiger partial charge in [-0.25, -0.2) is 4.79 Å². The van der Waals surface area contributed by atoms with E-state index in [0.717, 1.165) is 45.2 Å². The predicted molar refractivity (Wildman–Crippen MR) is 94.0 cm³/mol. The van der Waals surface area contributed by atoms with Crippen LogP contribution in [-0.4, -0.2) is 64.7 Å². The molecule has 2 amide bonds. The molecule has 0 bridgehead atoms. The number of carbonyl (C=O) groups excluding carboxylic acids is 1. The summed E-state index contributed by atoms with van der Waals surface area (Å²) in [4.78, 5) is 27.5. The van der Waals surface area contributed by atoms with E-state index in [1.165, 1.54) is 6.42 Å². The average Bonchev–Trinajstić information content (AvgIpc) is 2.98. The number of carboxylic acid groups (broad SMARTS) is 1. The van der Waals surface area contributed by atoms with Gasteiger partial charge in [-0.3, -0.25) is 9.69 Å². The van der Waals surface area contributed by atoms with Gasteiger partial charge < -0.3 is 15.3 Å². The van der Waals surface area contributed by atoms with Crippen LogP contribution in [0.3, 0.4) is 0 Å². The lowest BCUT2D eigenvalue weighted by molar-refractivity contribution is -0.139. The summed E-state index contributed by atoms with van der Waals surface area (Å²) in [6.45, 7) is 8.12. The van der Waals surface area contributed by atoms with Crippen molar-refractivity contribution in [1.29, 1.82) is 0 Å². The Balaban J connectivity index is 1.78. The van der Waals surface area contributed by atoms with Crippen LogP contribution < -0.4 is 5.32 Å². The molecule has 1 aliphatic heterocycles. The van der Waals surface area contributed by atoms with Crippen LogP contribution in [0.25, 0.3) is 0 Å². The van der Waals surface area contributed by atoms with E-state index >= 15 is 0 Å². The highest BCUT2D eigenvalue weighted by Crippen LogP contribution is 2.29. The van der Waals surface area contributed by atoms with Crippen LogP contribution in [0.1, 0.15) is 59.3 Å². The van der Waals surface area contributed by atoms with Gasteiger partial charge in [0.1, 0.15) is 0 Å². The predicted octanol–water partition coefficient (Wildman–Crippen LogP) is 2.53. The number of carbonyl (C=O) groups is 2. The van der Waals surface area contributed by atoms with Gasteiger partial charge in [-0.05, 0) is 44.6 Å². The van der Waals surface area contributed by atoms with Gasteiger partial charge in [0.2, 0.25) is 0 Å². The number of likely N-dealkylation sites (tertiary alicyclic amines) is 1. The van der Waals surface area contributed by atoms with Gasteiger partial charge in [0, 0.05) is 24.7 Å². The first-order valence-electron chi connectivity index (χ1n) is 9.49. The Morgan fingerprint density at radius 3 is 2.62 bits per heavy atom. The highest BCUT2D eigenvalue weighted by Gasteiger charge is 2.38. The third-order valence-corrected chi connectivity index (χ3v) is 5.66. The van der Waals surface area contributed by atoms with Crippen LogP contribution in [-0.2, 0) is 4.79 Å². The number of aliphatic carboxylic acids is 1. The van der Waals surface area contributed by atoms with E-state index in [2.05, 4.69) is 19.2 Å². The smallest absolute Gasteiger partial charge is 0.317 e. The monoisotopic (exact) mass is 339 g/mol. The van der Waals surface area contributed by atoms with Crippen molar-refractivity contribution in [2.75, 3.05) is 19.6 Å². The highest BCUT2D eigenvalue weighted by atomic mass is 16.4. The maximum Gasteiger partial charge on any atom is 0.317 e. The van der Waals surface area contributed by atoms with Crippen LogP contribution in [0.15, 0.2) is 0 Å². The molecule has 1 heterocycles. The second-order valence-corrected chi connectivity index (χ2v) is 7.40. The first-order chi connectivity index (χ1) is 11.5. The van der Waals surface area contributed by atoms with Crippen molar-refractivity contribution in [1.82, 2.24) is 15.1 Å². The lowest BCUT2D eigenvalue weighted by atomic mass is 9.85. The third kappa shape index (κ3) is 4.62. The third-order valence-electron chi connectivity index (χ3n) is 5.66. The molecule has 1 aliphatic carbocycles. The highest BCUT2D eigenvalue weighted by molar-refractivity contribution is 5.75. The van der Waals surface area contributed by atoms with Gasteiger partial charge in [-0.1, -0.05) is 27.2 Å². The van der Waals surface area contributed by atoms with E-state index in [0.29, 0.717) is 12.0 Å². The molecule has 138 valence electrons. The molecule has 0 aromatic heterocycles. The standard InChI is InChI=1S/C18H33N3O3/c1-4-7-13(3)16-8-6-9-21(16)18(24)19-14-10-15(11-14)20(5-2)12-17(22)23/h13-16H,4-12H2,1-3H3,(H,19,24)(H,22,23). The molecule has 0 aromatic carbocycles. The Kier molecular flexibility index (Phi) is 6.90. The van der Waals surface area contributed by atoms with Gasteiger partial charge in [-0.2, -0.15) is 0 Å². The number of hydrogen-bond acceptors (Lipinski definition) is 3. The number of carboxylic acids is 1. The van der Waals surface area contributed by atoms with Crippen molar-refractivity contribution in [3.63, 3.8) is 0 Å². The Morgan fingerprint density at radius 1 is 1.33 bits per heavy atom. The van der Waals surface area contributed by atoms with Crippen LogP contribution in [0.2, 0.25) is 0 Å². The molecule has 2 N–H and O–H groups in total. The van der Waals surface area contributed by atoms with Crippen molar-refractivity contribution >= 4 is 12.0 Å². The quantitative estimate of drug-likeness (QED) is 0.713. The first-order valence-corrected chi connectivity index (χ1v) is 9.49. The molecule has 2 fully saturated rings. The molecule has 6 nitrogen and oxygen atoms in total. The first kappa shape index (κ1) is 19.0. The van der Waals surface area contributed by atoms with Crippen molar-refractivity contribution < 1.29 is 14.7 Å². The van der Waals surface area contributed by atoms with Crippen molar-refractivity contribution in [2.45, 2.75) is 77.4 Å². The molecule has 1 saturated heterocycles. The fourth-order valence-corrected chi connectivity index (χ4v) is 4.22. The second-order valence-electron chi connectivity index (χ2n) is 7.40. The summed E-state index contributed by atoms with van der Waals surface area (Å²) < 4.78 is 0. The molecule has 0 aromatic rings. The zero-order valence-corrected chi connectivity index (χ0v) is 15.3. The minimum Gasteiger partial charge on any atom is -0.480 e. The molecule has 2 rings (SSSR count). The number of rotatable bonds is 8. The summed E-state index contributed by atoms with van der Waals surface area (Å²) >= 11 is 0. The Labute approximate surface area is 145 Å². The van der Waals surface area contributed by atoms with E-state index < -0.39 is 5.97 Å².